The molecule has 28 heavy (non-hydrogen) atoms. The van der Waals surface area contributed by atoms with Gasteiger partial charge in [-0.05, 0) is 32.6 Å². The number of aliphatic imine (C=N–C) groups is 1. The monoisotopic (exact) mass is 392 g/mol. The van der Waals surface area contributed by atoms with Crippen molar-refractivity contribution >= 4 is 5.96 Å². The molecule has 160 valence electrons. The third-order valence-electron chi connectivity index (χ3n) is 7.40. The third kappa shape index (κ3) is 4.82. The van der Waals surface area contributed by atoms with Crippen molar-refractivity contribution in [3.05, 3.63) is 0 Å². The van der Waals surface area contributed by atoms with Crippen LogP contribution in [0.4, 0.5) is 0 Å². The molecule has 1 saturated carbocycles. The van der Waals surface area contributed by atoms with Crippen LogP contribution in [0.3, 0.4) is 0 Å². The van der Waals surface area contributed by atoms with Gasteiger partial charge >= 0.3 is 0 Å². The predicted octanol–water partition coefficient (Wildman–Crippen LogP) is 2.35. The largest absolute Gasteiger partial charge is 0.381 e. The number of ether oxygens (including phenoxy) is 2. The summed E-state index contributed by atoms with van der Waals surface area (Å²) in [6.07, 6.45) is 9.22. The fourth-order valence-corrected chi connectivity index (χ4v) is 5.66. The summed E-state index contributed by atoms with van der Waals surface area (Å²) < 4.78 is 11.3. The first-order valence-corrected chi connectivity index (χ1v) is 11.6. The number of hydrogen-bond acceptors (Lipinski definition) is 4. The van der Waals surface area contributed by atoms with Crippen molar-refractivity contribution in [2.75, 3.05) is 72.2 Å². The molecular weight excluding hydrogens is 352 g/mol. The van der Waals surface area contributed by atoms with E-state index in [1.165, 1.54) is 51.5 Å². The molecule has 0 radical (unpaired) electrons. The lowest BCUT2D eigenvalue weighted by molar-refractivity contribution is 0.00933. The molecule has 3 saturated heterocycles. The SMILES string of the molecule is CCNC(=NCC1(CN2CCOCC2)CCCCC1)N1CCC2(CCOC2)C1. The average Bonchev–Trinajstić information content (AvgIpc) is 3.37. The number of rotatable bonds is 5. The maximum absolute atomic E-state index is 5.72. The van der Waals surface area contributed by atoms with Gasteiger partial charge in [0.25, 0.3) is 0 Å². The van der Waals surface area contributed by atoms with E-state index in [9.17, 15) is 0 Å². The van der Waals surface area contributed by atoms with Crippen LogP contribution >= 0.6 is 0 Å². The summed E-state index contributed by atoms with van der Waals surface area (Å²) >= 11 is 0. The first-order valence-electron chi connectivity index (χ1n) is 11.6. The first kappa shape index (κ1) is 20.4. The summed E-state index contributed by atoms with van der Waals surface area (Å²) in [5.41, 5.74) is 0.733. The zero-order valence-electron chi connectivity index (χ0n) is 17.9. The summed E-state index contributed by atoms with van der Waals surface area (Å²) in [5.74, 6) is 1.14. The van der Waals surface area contributed by atoms with E-state index in [4.69, 9.17) is 14.5 Å². The molecule has 6 heteroatoms. The summed E-state index contributed by atoms with van der Waals surface area (Å²) in [6, 6.07) is 0. The molecule has 0 aromatic heterocycles. The number of nitrogens with zero attached hydrogens (tertiary/aromatic N) is 3. The van der Waals surface area contributed by atoms with Gasteiger partial charge in [0.1, 0.15) is 0 Å². The average molecular weight is 393 g/mol. The van der Waals surface area contributed by atoms with Crippen LogP contribution < -0.4 is 5.32 Å². The highest BCUT2D eigenvalue weighted by Gasteiger charge is 2.42. The highest BCUT2D eigenvalue weighted by Crippen LogP contribution is 2.39. The molecule has 3 aliphatic heterocycles. The van der Waals surface area contributed by atoms with Gasteiger partial charge in [0.05, 0.1) is 19.8 Å². The van der Waals surface area contributed by atoms with E-state index >= 15 is 0 Å². The molecule has 6 nitrogen and oxygen atoms in total. The second kappa shape index (κ2) is 9.31. The van der Waals surface area contributed by atoms with Crippen LogP contribution in [-0.4, -0.2) is 88.0 Å². The number of likely N-dealkylation sites (tertiary alicyclic amines) is 1. The fraction of sp³-hybridized carbons (Fsp3) is 0.955. The fourth-order valence-electron chi connectivity index (χ4n) is 5.66. The molecule has 4 fully saturated rings. The van der Waals surface area contributed by atoms with Crippen LogP contribution in [0.5, 0.6) is 0 Å². The Kier molecular flexibility index (Phi) is 6.79. The lowest BCUT2D eigenvalue weighted by Crippen LogP contribution is -2.47. The number of guanidine groups is 1. The molecule has 4 aliphatic rings. The van der Waals surface area contributed by atoms with Gasteiger partial charge in [0.2, 0.25) is 0 Å². The minimum absolute atomic E-state index is 0.351. The summed E-state index contributed by atoms with van der Waals surface area (Å²) in [6.45, 7) is 13.3. The smallest absolute Gasteiger partial charge is 0.193 e. The maximum Gasteiger partial charge on any atom is 0.193 e. The molecule has 0 aromatic rings. The molecule has 1 N–H and O–H groups in total. The van der Waals surface area contributed by atoms with Gasteiger partial charge in [-0.3, -0.25) is 9.89 Å². The van der Waals surface area contributed by atoms with Gasteiger partial charge in [-0.25, -0.2) is 0 Å². The van der Waals surface area contributed by atoms with Crippen molar-refractivity contribution in [2.45, 2.75) is 51.9 Å². The van der Waals surface area contributed by atoms with Gasteiger partial charge < -0.3 is 19.7 Å². The summed E-state index contributed by atoms with van der Waals surface area (Å²) in [5, 5.41) is 3.59. The highest BCUT2D eigenvalue weighted by atomic mass is 16.5. The van der Waals surface area contributed by atoms with Crippen molar-refractivity contribution in [3.63, 3.8) is 0 Å². The Morgan fingerprint density at radius 3 is 2.50 bits per heavy atom. The lowest BCUT2D eigenvalue weighted by Gasteiger charge is -2.41. The van der Waals surface area contributed by atoms with Crippen LogP contribution in [0.2, 0.25) is 0 Å². The molecule has 4 rings (SSSR count). The van der Waals surface area contributed by atoms with Crippen molar-refractivity contribution in [1.29, 1.82) is 0 Å². The van der Waals surface area contributed by atoms with E-state index in [1.54, 1.807) is 0 Å². The molecule has 0 amide bonds. The Balaban J connectivity index is 1.43. The second-order valence-corrected chi connectivity index (χ2v) is 9.59. The zero-order chi connectivity index (χ0) is 19.3. The molecule has 1 spiro atoms. The van der Waals surface area contributed by atoms with Crippen molar-refractivity contribution in [1.82, 2.24) is 15.1 Å². The Hall–Kier alpha value is -0.850. The zero-order valence-corrected chi connectivity index (χ0v) is 17.9. The van der Waals surface area contributed by atoms with Gasteiger partial charge in [0, 0.05) is 63.3 Å². The Morgan fingerprint density at radius 2 is 1.79 bits per heavy atom. The molecular formula is C22H40N4O2. The Bertz CT molecular complexity index is 521. The number of nitrogens with one attached hydrogen (secondary N) is 1. The minimum Gasteiger partial charge on any atom is -0.381 e. The standard InChI is InChI=1S/C22H40N4O2/c1-2-23-20(26-10-8-22(18-26)9-13-28-19-22)24-16-21(6-4-3-5-7-21)17-25-11-14-27-15-12-25/h2-19H2,1H3,(H,23,24). The van der Waals surface area contributed by atoms with Crippen molar-refractivity contribution in [3.8, 4) is 0 Å². The van der Waals surface area contributed by atoms with Gasteiger partial charge in [-0.1, -0.05) is 19.3 Å². The minimum atomic E-state index is 0.351. The Labute approximate surface area is 171 Å². The second-order valence-electron chi connectivity index (χ2n) is 9.59. The van der Waals surface area contributed by atoms with Crippen LogP contribution in [0, 0.1) is 10.8 Å². The van der Waals surface area contributed by atoms with E-state index < -0.39 is 0 Å². The highest BCUT2D eigenvalue weighted by molar-refractivity contribution is 5.80. The summed E-state index contributed by atoms with van der Waals surface area (Å²) in [4.78, 5) is 10.4. The number of morpholine rings is 1. The predicted molar refractivity (Wildman–Crippen MR) is 113 cm³/mol. The first-order chi connectivity index (χ1) is 13.7. The van der Waals surface area contributed by atoms with Gasteiger partial charge in [-0.15, -0.1) is 0 Å². The molecule has 3 heterocycles. The van der Waals surface area contributed by atoms with Crippen LogP contribution in [0.1, 0.15) is 51.9 Å². The molecule has 1 unspecified atom stereocenters. The topological polar surface area (TPSA) is 49.3 Å². The third-order valence-corrected chi connectivity index (χ3v) is 7.40. The molecule has 0 aromatic carbocycles. The van der Waals surface area contributed by atoms with E-state index in [2.05, 4.69) is 22.0 Å². The summed E-state index contributed by atoms with van der Waals surface area (Å²) in [7, 11) is 0. The Morgan fingerprint density at radius 1 is 0.964 bits per heavy atom. The molecule has 1 aliphatic carbocycles. The lowest BCUT2D eigenvalue weighted by atomic mass is 9.73. The molecule has 1 atom stereocenters. The van der Waals surface area contributed by atoms with Crippen molar-refractivity contribution < 1.29 is 9.47 Å². The van der Waals surface area contributed by atoms with Crippen LogP contribution in [0.15, 0.2) is 4.99 Å². The normalized spacial score (nSPS) is 31.6. The van der Waals surface area contributed by atoms with E-state index in [0.29, 0.717) is 10.8 Å². The van der Waals surface area contributed by atoms with E-state index in [-0.39, 0.29) is 0 Å². The van der Waals surface area contributed by atoms with E-state index in [1.807, 2.05) is 0 Å². The number of hydrogen-bond donors (Lipinski definition) is 1. The van der Waals surface area contributed by atoms with Gasteiger partial charge in [0.15, 0.2) is 5.96 Å². The quantitative estimate of drug-likeness (QED) is 0.575. The van der Waals surface area contributed by atoms with Crippen LogP contribution in [-0.2, 0) is 9.47 Å². The van der Waals surface area contributed by atoms with E-state index in [0.717, 1.165) is 71.7 Å². The maximum atomic E-state index is 5.72. The van der Waals surface area contributed by atoms with Gasteiger partial charge in [-0.2, -0.15) is 0 Å². The van der Waals surface area contributed by atoms with Crippen molar-refractivity contribution in [2.24, 2.45) is 15.8 Å². The van der Waals surface area contributed by atoms with Crippen LogP contribution in [0.25, 0.3) is 0 Å². The molecule has 0 bridgehead atoms.